The number of benzene rings is 1. The van der Waals surface area contributed by atoms with Gasteiger partial charge in [-0.2, -0.15) is 0 Å². The monoisotopic (exact) mass is 304 g/mol. The van der Waals surface area contributed by atoms with E-state index in [2.05, 4.69) is 12.2 Å². The third-order valence-corrected chi connectivity index (χ3v) is 3.68. The van der Waals surface area contributed by atoms with Gasteiger partial charge in [0.2, 0.25) is 5.91 Å². The molecule has 0 atom stereocenters. The first kappa shape index (κ1) is 16.3. The molecule has 0 bridgehead atoms. The Kier molecular flexibility index (Phi) is 5.41. The molecule has 22 heavy (non-hydrogen) atoms. The van der Waals surface area contributed by atoms with E-state index >= 15 is 0 Å². The summed E-state index contributed by atoms with van der Waals surface area (Å²) in [5, 5.41) is 2.86. The van der Waals surface area contributed by atoms with Crippen LogP contribution in [0.4, 0.5) is 11.4 Å². The van der Waals surface area contributed by atoms with Gasteiger partial charge in [-0.15, -0.1) is 0 Å². The fraction of sp³-hybridized carbons (Fsp3) is 0.529. The first-order valence-corrected chi connectivity index (χ1v) is 7.91. The Morgan fingerprint density at radius 3 is 2.82 bits per heavy atom. The summed E-state index contributed by atoms with van der Waals surface area (Å²) in [7, 11) is 0. The zero-order chi connectivity index (χ0) is 16.1. The quantitative estimate of drug-likeness (QED) is 0.821. The summed E-state index contributed by atoms with van der Waals surface area (Å²) in [6.07, 6.45) is 3.16. The van der Waals surface area contributed by atoms with E-state index in [9.17, 15) is 9.59 Å². The third kappa shape index (κ3) is 3.78. The molecule has 0 saturated heterocycles. The first-order valence-electron chi connectivity index (χ1n) is 7.91. The third-order valence-electron chi connectivity index (χ3n) is 3.68. The van der Waals surface area contributed by atoms with Crippen molar-refractivity contribution < 1.29 is 14.3 Å². The lowest BCUT2D eigenvalue weighted by Crippen LogP contribution is -2.39. The summed E-state index contributed by atoms with van der Waals surface area (Å²) in [4.78, 5) is 25.7. The topological polar surface area (TPSA) is 58.6 Å². The van der Waals surface area contributed by atoms with E-state index in [0.29, 0.717) is 18.0 Å². The van der Waals surface area contributed by atoms with Gasteiger partial charge in [0, 0.05) is 18.2 Å². The Bertz CT molecular complexity index is 555. The molecule has 1 N–H and O–H groups in total. The molecule has 0 saturated carbocycles. The number of fused-ring (bicyclic) bond motifs is 1. The number of carbonyl (C=O) groups excluding carboxylic acids is 2. The summed E-state index contributed by atoms with van der Waals surface area (Å²) in [6.45, 7) is 6.59. The predicted octanol–water partition coefficient (Wildman–Crippen LogP) is 3.20. The Balaban J connectivity index is 2.20. The number of unbranched alkanes of at least 4 members (excludes halogenated alkanes) is 2. The highest BCUT2D eigenvalue weighted by molar-refractivity contribution is 5.99. The standard InChI is InChI=1S/C17H24N2O3/c1-4-5-6-9-19-14-10-13(18-17(21)12(2)3)7-8-15(14)22-11-16(19)20/h7-8,10,12H,4-6,9,11H2,1-3H3,(H,18,21). The molecule has 0 unspecified atom stereocenters. The molecule has 5 heteroatoms. The molecule has 2 amide bonds. The molecule has 0 aliphatic carbocycles. The van der Waals surface area contributed by atoms with Gasteiger partial charge in [-0.1, -0.05) is 33.6 Å². The molecule has 0 aromatic heterocycles. The van der Waals surface area contributed by atoms with Crippen molar-refractivity contribution in [3.8, 4) is 5.75 Å². The van der Waals surface area contributed by atoms with Crippen LogP contribution in [0.25, 0.3) is 0 Å². The second kappa shape index (κ2) is 7.29. The van der Waals surface area contributed by atoms with Crippen molar-refractivity contribution in [2.24, 2.45) is 5.92 Å². The number of ether oxygens (including phenoxy) is 1. The fourth-order valence-electron chi connectivity index (χ4n) is 2.33. The minimum absolute atomic E-state index is 0.0315. The van der Waals surface area contributed by atoms with Gasteiger partial charge in [-0.3, -0.25) is 9.59 Å². The molecule has 2 rings (SSSR count). The van der Waals surface area contributed by atoms with Crippen molar-refractivity contribution in [1.29, 1.82) is 0 Å². The van der Waals surface area contributed by atoms with Crippen LogP contribution < -0.4 is 15.0 Å². The summed E-state index contributed by atoms with van der Waals surface area (Å²) < 4.78 is 5.48. The molecule has 1 aliphatic heterocycles. The minimum atomic E-state index is -0.0884. The molecule has 1 heterocycles. The fourth-order valence-corrected chi connectivity index (χ4v) is 2.33. The lowest BCUT2D eigenvalue weighted by molar-refractivity contribution is -0.121. The number of rotatable bonds is 6. The smallest absolute Gasteiger partial charge is 0.265 e. The van der Waals surface area contributed by atoms with E-state index in [4.69, 9.17) is 4.74 Å². The molecule has 0 spiro atoms. The molecule has 5 nitrogen and oxygen atoms in total. The van der Waals surface area contributed by atoms with Crippen LogP contribution in [0.5, 0.6) is 5.75 Å². The highest BCUT2D eigenvalue weighted by Crippen LogP contribution is 2.34. The van der Waals surface area contributed by atoms with E-state index in [1.54, 1.807) is 11.0 Å². The van der Waals surface area contributed by atoms with Crippen molar-refractivity contribution in [2.75, 3.05) is 23.4 Å². The van der Waals surface area contributed by atoms with E-state index < -0.39 is 0 Å². The normalized spacial score (nSPS) is 13.8. The second-order valence-electron chi connectivity index (χ2n) is 5.87. The van der Waals surface area contributed by atoms with Gasteiger partial charge in [0.25, 0.3) is 5.91 Å². The van der Waals surface area contributed by atoms with Crippen molar-refractivity contribution in [2.45, 2.75) is 40.0 Å². The summed E-state index contributed by atoms with van der Waals surface area (Å²) in [5.41, 5.74) is 1.44. The molecular weight excluding hydrogens is 280 g/mol. The second-order valence-corrected chi connectivity index (χ2v) is 5.87. The van der Waals surface area contributed by atoms with Gasteiger partial charge in [-0.05, 0) is 24.6 Å². The lowest BCUT2D eigenvalue weighted by atomic mass is 10.1. The highest BCUT2D eigenvalue weighted by atomic mass is 16.5. The van der Waals surface area contributed by atoms with Gasteiger partial charge in [0.1, 0.15) is 5.75 Å². The van der Waals surface area contributed by atoms with E-state index in [0.717, 1.165) is 24.9 Å². The Morgan fingerprint density at radius 2 is 2.14 bits per heavy atom. The minimum Gasteiger partial charge on any atom is -0.482 e. The van der Waals surface area contributed by atoms with E-state index in [-0.39, 0.29) is 24.3 Å². The zero-order valence-corrected chi connectivity index (χ0v) is 13.5. The Morgan fingerprint density at radius 1 is 1.36 bits per heavy atom. The van der Waals surface area contributed by atoms with Crippen molar-refractivity contribution in [3.63, 3.8) is 0 Å². The molecule has 1 aromatic rings. The number of hydrogen-bond acceptors (Lipinski definition) is 3. The van der Waals surface area contributed by atoms with Crippen molar-refractivity contribution >= 4 is 23.2 Å². The summed E-state index contributed by atoms with van der Waals surface area (Å²) in [6, 6.07) is 5.43. The van der Waals surface area contributed by atoms with Crippen molar-refractivity contribution in [1.82, 2.24) is 0 Å². The van der Waals surface area contributed by atoms with Gasteiger partial charge < -0.3 is 15.0 Å². The summed E-state index contributed by atoms with van der Waals surface area (Å²) in [5.74, 6) is 0.532. The van der Waals surface area contributed by atoms with Gasteiger partial charge >= 0.3 is 0 Å². The van der Waals surface area contributed by atoms with E-state index in [1.165, 1.54) is 0 Å². The van der Waals surface area contributed by atoms with Gasteiger partial charge in [0.15, 0.2) is 6.61 Å². The average molecular weight is 304 g/mol. The first-order chi connectivity index (χ1) is 10.5. The molecular formula is C17H24N2O3. The van der Waals surface area contributed by atoms with Gasteiger partial charge in [0.05, 0.1) is 5.69 Å². The maximum atomic E-state index is 12.1. The molecule has 0 radical (unpaired) electrons. The van der Waals surface area contributed by atoms with Crippen LogP contribution >= 0.6 is 0 Å². The number of nitrogens with one attached hydrogen (secondary N) is 1. The number of anilines is 2. The number of hydrogen-bond donors (Lipinski definition) is 1. The van der Waals surface area contributed by atoms with Gasteiger partial charge in [-0.25, -0.2) is 0 Å². The molecule has 1 aromatic carbocycles. The van der Waals surface area contributed by atoms with Crippen LogP contribution in [0.1, 0.15) is 40.0 Å². The van der Waals surface area contributed by atoms with Crippen LogP contribution in [-0.2, 0) is 9.59 Å². The maximum absolute atomic E-state index is 12.1. The maximum Gasteiger partial charge on any atom is 0.265 e. The Hall–Kier alpha value is -2.04. The van der Waals surface area contributed by atoms with Crippen LogP contribution in [0, 0.1) is 5.92 Å². The van der Waals surface area contributed by atoms with Crippen LogP contribution in [0.2, 0.25) is 0 Å². The molecule has 120 valence electrons. The lowest BCUT2D eigenvalue weighted by Gasteiger charge is -2.30. The number of nitrogens with zero attached hydrogens (tertiary/aromatic N) is 1. The molecule has 1 aliphatic rings. The SMILES string of the molecule is CCCCCN1C(=O)COc2ccc(NC(=O)C(C)C)cc21. The average Bonchev–Trinajstić information content (AvgIpc) is 2.49. The molecule has 0 fully saturated rings. The van der Waals surface area contributed by atoms with Crippen molar-refractivity contribution in [3.05, 3.63) is 18.2 Å². The Labute approximate surface area is 131 Å². The largest absolute Gasteiger partial charge is 0.482 e. The predicted molar refractivity (Wildman–Crippen MR) is 87.3 cm³/mol. The number of amides is 2. The van der Waals surface area contributed by atoms with Crippen LogP contribution in [-0.4, -0.2) is 25.0 Å². The number of carbonyl (C=O) groups is 2. The van der Waals surface area contributed by atoms with E-state index in [1.807, 2.05) is 26.0 Å². The van der Waals surface area contributed by atoms with Crippen LogP contribution in [0.3, 0.4) is 0 Å². The zero-order valence-electron chi connectivity index (χ0n) is 13.5. The van der Waals surface area contributed by atoms with Crippen LogP contribution in [0.15, 0.2) is 18.2 Å². The summed E-state index contributed by atoms with van der Waals surface area (Å²) >= 11 is 0. The highest BCUT2D eigenvalue weighted by Gasteiger charge is 2.25.